The third kappa shape index (κ3) is 4.17. The fraction of sp³-hybridized carbons (Fsp3) is 0.0345. The molecule has 0 N–H and O–H groups in total. The molecule has 156 valence electrons. The molecule has 1 aliphatic heterocycles. The molecule has 0 bridgehead atoms. The zero-order chi connectivity index (χ0) is 21.9. The molecule has 0 spiro atoms. The van der Waals surface area contributed by atoms with Crippen LogP contribution in [0.25, 0.3) is 16.1 Å². The van der Waals surface area contributed by atoms with Crippen molar-refractivity contribution in [1.29, 1.82) is 0 Å². The van der Waals surface area contributed by atoms with Crippen LogP contribution in [0.15, 0.2) is 115 Å². The Balaban J connectivity index is 1.77. The van der Waals surface area contributed by atoms with E-state index in [9.17, 15) is 8.78 Å². The Morgan fingerprint density at radius 1 is 0.531 bits per heavy atom. The minimum Gasteiger partial charge on any atom is -0.207 e. The van der Waals surface area contributed by atoms with Crippen molar-refractivity contribution >= 4 is 27.8 Å². The maximum atomic E-state index is 13.7. The second kappa shape index (κ2) is 8.97. The molecule has 4 aromatic rings. The molecule has 4 aromatic carbocycles. The van der Waals surface area contributed by atoms with Gasteiger partial charge in [-0.15, -0.1) is 11.8 Å². The van der Waals surface area contributed by atoms with Crippen molar-refractivity contribution in [1.82, 2.24) is 0 Å². The van der Waals surface area contributed by atoms with Crippen molar-refractivity contribution in [2.45, 2.75) is 5.25 Å². The highest BCUT2D eigenvalue weighted by molar-refractivity contribution is 8.09. The summed E-state index contributed by atoms with van der Waals surface area (Å²) in [6, 6.07) is 33.9. The molecule has 0 aliphatic carbocycles. The van der Waals surface area contributed by atoms with Crippen molar-refractivity contribution < 1.29 is 8.78 Å². The summed E-state index contributed by atoms with van der Waals surface area (Å²) in [5.74, 6) is -0.501. The molecule has 3 heteroatoms. The van der Waals surface area contributed by atoms with Gasteiger partial charge in [0.1, 0.15) is 11.6 Å². The number of allylic oxidation sites excluding steroid dienone is 2. The van der Waals surface area contributed by atoms with Gasteiger partial charge in [-0.05, 0) is 63.7 Å². The molecule has 1 heterocycles. The Morgan fingerprint density at radius 3 is 1.66 bits per heavy atom. The summed E-state index contributed by atoms with van der Waals surface area (Å²) >= 11 is 1.74. The minimum absolute atomic E-state index is 0.00178. The third-order valence-corrected chi connectivity index (χ3v) is 6.89. The Morgan fingerprint density at radius 2 is 1.06 bits per heavy atom. The smallest absolute Gasteiger partial charge is 0.123 e. The van der Waals surface area contributed by atoms with E-state index in [1.807, 2.05) is 60.7 Å². The Bertz CT molecular complexity index is 1270. The van der Waals surface area contributed by atoms with Crippen LogP contribution in [0, 0.1) is 11.6 Å². The van der Waals surface area contributed by atoms with Crippen LogP contribution in [-0.2, 0) is 0 Å². The van der Waals surface area contributed by atoms with Crippen molar-refractivity contribution in [2.75, 3.05) is 0 Å². The summed E-state index contributed by atoms with van der Waals surface area (Å²) < 4.78 is 27.3. The molecule has 0 saturated carbocycles. The summed E-state index contributed by atoms with van der Waals surface area (Å²) in [7, 11) is 0. The normalized spacial score (nSPS) is 16.1. The van der Waals surface area contributed by atoms with Crippen LogP contribution in [0.4, 0.5) is 8.78 Å². The number of rotatable bonds is 4. The van der Waals surface area contributed by atoms with Crippen molar-refractivity contribution in [3.8, 4) is 0 Å². The maximum Gasteiger partial charge on any atom is 0.123 e. The van der Waals surface area contributed by atoms with Crippen molar-refractivity contribution in [3.63, 3.8) is 0 Å². The first-order valence-electron chi connectivity index (χ1n) is 10.4. The van der Waals surface area contributed by atoms with E-state index in [-0.39, 0.29) is 16.9 Å². The molecule has 0 nitrogen and oxygen atoms in total. The number of halogens is 2. The average molecular weight is 439 g/mol. The van der Waals surface area contributed by atoms with E-state index < -0.39 is 0 Å². The second-order valence-corrected chi connectivity index (χ2v) is 8.77. The van der Waals surface area contributed by atoms with E-state index in [2.05, 4.69) is 30.3 Å². The van der Waals surface area contributed by atoms with Crippen LogP contribution in [0.2, 0.25) is 0 Å². The summed E-state index contributed by atoms with van der Waals surface area (Å²) in [4.78, 5) is 1.07. The van der Waals surface area contributed by atoms with Crippen LogP contribution >= 0.6 is 11.8 Å². The molecular weight excluding hydrogens is 418 g/mol. The first-order valence-corrected chi connectivity index (χ1v) is 11.3. The monoisotopic (exact) mass is 438 g/mol. The maximum absolute atomic E-state index is 13.7. The van der Waals surface area contributed by atoms with Crippen molar-refractivity contribution in [3.05, 3.63) is 149 Å². The molecule has 1 atom stereocenters. The summed E-state index contributed by atoms with van der Waals surface area (Å²) in [6.45, 7) is 0. The van der Waals surface area contributed by atoms with E-state index >= 15 is 0 Å². The minimum atomic E-state index is -0.252. The molecule has 1 unspecified atom stereocenters. The van der Waals surface area contributed by atoms with Crippen LogP contribution in [0.5, 0.6) is 0 Å². The number of hydrogen-bond acceptors (Lipinski definition) is 1. The Hall–Kier alpha value is -3.43. The van der Waals surface area contributed by atoms with Gasteiger partial charge in [-0.2, -0.15) is 0 Å². The quantitative estimate of drug-likeness (QED) is 0.308. The topological polar surface area (TPSA) is 0 Å². The first-order chi connectivity index (χ1) is 15.7. The van der Waals surface area contributed by atoms with Crippen LogP contribution in [0.1, 0.15) is 27.5 Å². The van der Waals surface area contributed by atoms with Gasteiger partial charge in [-0.1, -0.05) is 84.9 Å². The van der Waals surface area contributed by atoms with Gasteiger partial charge < -0.3 is 0 Å². The standard InChI is InChI=1S/C29H20F2S/c30-24-15-11-21(12-16-24)27-19-26(20-7-3-1-4-8-20)28(22-13-17-25(31)18-14-22)29(32-27)23-9-5-2-6-10-23/h1-19,29H. The lowest BCUT2D eigenvalue weighted by Crippen LogP contribution is -2.06. The van der Waals surface area contributed by atoms with Gasteiger partial charge in [0.05, 0.1) is 5.25 Å². The van der Waals surface area contributed by atoms with Crippen molar-refractivity contribution in [2.24, 2.45) is 0 Å². The Kier molecular flexibility index (Phi) is 5.74. The third-order valence-electron chi connectivity index (χ3n) is 5.54. The number of benzene rings is 4. The fourth-order valence-electron chi connectivity index (χ4n) is 3.99. The highest BCUT2D eigenvalue weighted by Crippen LogP contribution is 2.54. The lowest BCUT2D eigenvalue weighted by Gasteiger charge is -2.29. The van der Waals surface area contributed by atoms with Gasteiger partial charge in [-0.3, -0.25) is 0 Å². The summed E-state index contributed by atoms with van der Waals surface area (Å²) in [6.07, 6.45) is 2.17. The average Bonchev–Trinajstić information content (AvgIpc) is 2.85. The zero-order valence-corrected chi connectivity index (χ0v) is 18.0. The van der Waals surface area contributed by atoms with Gasteiger partial charge >= 0.3 is 0 Å². The number of thioether (sulfide) groups is 1. The van der Waals surface area contributed by atoms with E-state index in [0.29, 0.717) is 0 Å². The van der Waals surface area contributed by atoms with Gasteiger partial charge in [0.2, 0.25) is 0 Å². The fourth-order valence-corrected chi connectivity index (χ4v) is 5.38. The molecule has 0 fully saturated rings. The summed E-state index contributed by atoms with van der Waals surface area (Å²) in [5.41, 5.74) is 6.44. The molecule has 5 rings (SSSR count). The van der Waals surface area contributed by atoms with Crippen LogP contribution in [0.3, 0.4) is 0 Å². The summed E-state index contributed by atoms with van der Waals surface area (Å²) in [5, 5.41) is 0.00178. The van der Waals surface area contributed by atoms with Gasteiger partial charge in [0.25, 0.3) is 0 Å². The van der Waals surface area contributed by atoms with Gasteiger partial charge in [0.15, 0.2) is 0 Å². The molecule has 1 aliphatic rings. The second-order valence-electron chi connectivity index (χ2n) is 7.62. The molecule has 0 aromatic heterocycles. The highest BCUT2D eigenvalue weighted by atomic mass is 32.2. The van der Waals surface area contributed by atoms with E-state index in [0.717, 1.165) is 38.3 Å². The Labute approximate surface area is 190 Å². The zero-order valence-electron chi connectivity index (χ0n) is 17.2. The van der Waals surface area contributed by atoms with Crippen LogP contribution in [-0.4, -0.2) is 0 Å². The molecular formula is C29H20F2S. The predicted molar refractivity (Wildman–Crippen MR) is 131 cm³/mol. The lowest BCUT2D eigenvalue weighted by molar-refractivity contribution is 0.627. The largest absolute Gasteiger partial charge is 0.207 e. The predicted octanol–water partition coefficient (Wildman–Crippen LogP) is 8.40. The first kappa shape index (κ1) is 20.5. The van der Waals surface area contributed by atoms with E-state index in [4.69, 9.17) is 0 Å². The lowest BCUT2D eigenvalue weighted by atomic mass is 9.88. The SMILES string of the molecule is Fc1ccc(C2=CC(c3ccccc3)=C(c3ccc(F)cc3)C(c3ccccc3)S2)cc1. The van der Waals surface area contributed by atoms with E-state index in [1.54, 1.807) is 11.8 Å². The molecule has 0 radical (unpaired) electrons. The van der Waals surface area contributed by atoms with Gasteiger partial charge in [0, 0.05) is 4.91 Å². The van der Waals surface area contributed by atoms with Gasteiger partial charge in [-0.25, -0.2) is 8.78 Å². The molecule has 0 amide bonds. The number of hydrogen-bond donors (Lipinski definition) is 0. The highest BCUT2D eigenvalue weighted by Gasteiger charge is 2.28. The van der Waals surface area contributed by atoms with Crippen LogP contribution < -0.4 is 0 Å². The molecule has 32 heavy (non-hydrogen) atoms. The molecule has 0 saturated heterocycles. The van der Waals surface area contributed by atoms with E-state index in [1.165, 1.54) is 24.3 Å².